The lowest BCUT2D eigenvalue weighted by molar-refractivity contribution is 0.0706. The van der Waals surface area contributed by atoms with Crippen molar-refractivity contribution in [1.82, 2.24) is 29.3 Å². The molecular weight excluding hydrogens is 605 g/mol. The third-order valence-corrected chi connectivity index (χ3v) is 10.1. The number of carbonyl (C=O) groups excluding carboxylic acids is 1. The fourth-order valence-electron chi connectivity index (χ4n) is 7.29. The van der Waals surface area contributed by atoms with Gasteiger partial charge in [0.05, 0.1) is 23.1 Å². The van der Waals surface area contributed by atoms with E-state index in [0.29, 0.717) is 13.1 Å². The summed E-state index contributed by atoms with van der Waals surface area (Å²) in [5.74, 6) is 1.04. The molecule has 0 radical (unpaired) electrons. The molecule has 2 aromatic carbocycles. The Hall–Kier alpha value is -4.88. The Labute approximate surface area is 290 Å². The lowest BCUT2D eigenvalue weighted by atomic mass is 10.00. The second kappa shape index (κ2) is 15.1. The van der Waals surface area contributed by atoms with Crippen molar-refractivity contribution in [2.24, 2.45) is 0 Å². The second-order valence-corrected chi connectivity index (χ2v) is 13.5. The van der Waals surface area contributed by atoms with Crippen molar-refractivity contribution in [3.8, 4) is 0 Å². The van der Waals surface area contributed by atoms with Crippen LogP contribution in [0.3, 0.4) is 0 Å². The van der Waals surface area contributed by atoms with Crippen molar-refractivity contribution in [2.45, 2.75) is 65.0 Å². The van der Waals surface area contributed by atoms with Crippen molar-refractivity contribution in [1.29, 1.82) is 0 Å². The molecule has 1 saturated heterocycles. The first-order valence-electron chi connectivity index (χ1n) is 17.8. The monoisotopic (exact) mass is 650 g/mol. The normalized spacial score (nSPS) is 15.9. The number of carbonyl (C=O) groups is 1. The Morgan fingerprint density at radius 3 is 2.41 bits per heavy atom. The molecule has 5 aromatic rings. The molecule has 0 bridgehead atoms. The second-order valence-electron chi connectivity index (χ2n) is 13.5. The molecular formula is C42H46N6O. The van der Waals surface area contributed by atoms with Crippen LogP contribution in [-0.4, -0.2) is 67.4 Å². The molecule has 1 saturated carbocycles. The molecule has 2 aliphatic rings. The minimum absolute atomic E-state index is 0.0895. The van der Waals surface area contributed by atoms with Gasteiger partial charge in [0.15, 0.2) is 0 Å². The summed E-state index contributed by atoms with van der Waals surface area (Å²) in [6.45, 7) is 8.65. The van der Waals surface area contributed by atoms with Gasteiger partial charge in [-0.2, -0.15) is 0 Å². The van der Waals surface area contributed by atoms with E-state index in [0.717, 1.165) is 71.8 Å². The number of imidazole rings is 1. The fourth-order valence-corrected chi connectivity index (χ4v) is 7.29. The summed E-state index contributed by atoms with van der Waals surface area (Å²) in [6, 6.07) is 25.3. The number of aromatic nitrogens is 4. The number of rotatable bonds is 11. The molecule has 0 atom stereocenters. The number of pyridine rings is 2. The highest BCUT2D eigenvalue weighted by Gasteiger charge is 2.26. The van der Waals surface area contributed by atoms with Gasteiger partial charge in [0.25, 0.3) is 5.91 Å². The van der Waals surface area contributed by atoms with Crippen molar-refractivity contribution in [3.63, 3.8) is 0 Å². The molecule has 7 nitrogen and oxygen atoms in total. The molecule has 3 aromatic heterocycles. The quantitative estimate of drug-likeness (QED) is 0.145. The van der Waals surface area contributed by atoms with Crippen molar-refractivity contribution < 1.29 is 4.79 Å². The first-order valence-corrected chi connectivity index (χ1v) is 17.8. The standard InChI is InChI=1S/C42H46N6O/c1-31-14-18-34(19-15-31)38(23-28-46-25-5-6-26-46)39-13-7-9-36(45-39)10-8-27-47(37-11-3-4-12-37)42(49)35-20-16-33(17-21-35)30-48-32(2)44-40-29-43-24-22-41(40)48/h7-10,13-24,29,37H,3-6,11-12,25-28,30H2,1-2H3/b10-8+,38-23+. The zero-order valence-electron chi connectivity index (χ0n) is 28.8. The number of hydrogen-bond acceptors (Lipinski definition) is 5. The predicted molar refractivity (Wildman–Crippen MR) is 198 cm³/mol. The largest absolute Gasteiger partial charge is 0.332 e. The molecule has 4 heterocycles. The predicted octanol–water partition coefficient (Wildman–Crippen LogP) is 8.12. The van der Waals surface area contributed by atoms with Gasteiger partial charge in [-0.05, 0) is 100 Å². The van der Waals surface area contributed by atoms with E-state index in [2.05, 4.69) is 104 Å². The van der Waals surface area contributed by atoms with Gasteiger partial charge in [0.1, 0.15) is 11.3 Å². The maximum atomic E-state index is 14.0. The molecule has 0 spiro atoms. The van der Waals surface area contributed by atoms with Gasteiger partial charge in [-0.15, -0.1) is 0 Å². The zero-order valence-corrected chi connectivity index (χ0v) is 28.8. The SMILES string of the molecule is Cc1ccc(/C(=C\CN2CCCC2)c2cccc(/C=C/CN(C(=O)c3ccc(Cn4c(C)nc5cnccc54)cc3)C3CCCC3)n2)cc1. The number of aryl methyl sites for hydroxylation is 2. The Morgan fingerprint density at radius 2 is 1.63 bits per heavy atom. The smallest absolute Gasteiger partial charge is 0.254 e. The molecule has 49 heavy (non-hydrogen) atoms. The van der Waals surface area contributed by atoms with Gasteiger partial charge in [0, 0.05) is 43.0 Å². The fraction of sp³-hybridized carbons (Fsp3) is 0.333. The average Bonchev–Trinajstić information content (AvgIpc) is 3.91. The van der Waals surface area contributed by atoms with Crippen LogP contribution >= 0.6 is 0 Å². The van der Waals surface area contributed by atoms with Crippen LogP contribution in [0.2, 0.25) is 0 Å². The summed E-state index contributed by atoms with van der Waals surface area (Å²) in [5, 5.41) is 0. The molecule has 2 fully saturated rings. The number of fused-ring (bicyclic) bond motifs is 1. The number of nitrogens with zero attached hydrogens (tertiary/aromatic N) is 6. The summed E-state index contributed by atoms with van der Waals surface area (Å²) in [7, 11) is 0. The Kier molecular flexibility index (Phi) is 10.1. The minimum Gasteiger partial charge on any atom is -0.332 e. The van der Waals surface area contributed by atoms with E-state index in [1.807, 2.05) is 25.1 Å². The third kappa shape index (κ3) is 7.73. The highest BCUT2D eigenvalue weighted by atomic mass is 16.2. The summed E-state index contributed by atoms with van der Waals surface area (Å²) in [5.41, 5.74) is 9.31. The maximum Gasteiger partial charge on any atom is 0.254 e. The van der Waals surface area contributed by atoms with Gasteiger partial charge < -0.3 is 9.47 Å². The van der Waals surface area contributed by atoms with Crippen LogP contribution in [0.1, 0.15) is 82.8 Å². The molecule has 1 aliphatic heterocycles. The summed E-state index contributed by atoms with van der Waals surface area (Å²) in [6.07, 6.45) is 17.1. The van der Waals surface area contributed by atoms with Crippen LogP contribution in [0.25, 0.3) is 22.7 Å². The molecule has 250 valence electrons. The van der Waals surface area contributed by atoms with Crippen molar-refractivity contribution in [2.75, 3.05) is 26.2 Å². The molecule has 1 amide bonds. The van der Waals surface area contributed by atoms with E-state index < -0.39 is 0 Å². The van der Waals surface area contributed by atoms with Crippen molar-refractivity contribution in [3.05, 3.63) is 137 Å². The molecule has 7 rings (SSSR count). The van der Waals surface area contributed by atoms with Crippen LogP contribution in [0.5, 0.6) is 0 Å². The number of amides is 1. The van der Waals surface area contributed by atoms with Crippen LogP contribution in [0, 0.1) is 13.8 Å². The van der Waals surface area contributed by atoms with Crippen LogP contribution < -0.4 is 0 Å². The van der Waals surface area contributed by atoms with E-state index in [1.165, 1.54) is 42.4 Å². The minimum atomic E-state index is 0.0895. The van der Waals surface area contributed by atoms with E-state index in [1.54, 1.807) is 12.4 Å². The maximum absolute atomic E-state index is 14.0. The lowest BCUT2D eigenvalue weighted by Gasteiger charge is -2.28. The third-order valence-electron chi connectivity index (χ3n) is 10.1. The van der Waals surface area contributed by atoms with E-state index in [4.69, 9.17) is 4.98 Å². The summed E-state index contributed by atoms with van der Waals surface area (Å²) in [4.78, 5) is 32.5. The summed E-state index contributed by atoms with van der Waals surface area (Å²) < 4.78 is 2.19. The highest BCUT2D eigenvalue weighted by molar-refractivity contribution is 5.94. The zero-order chi connectivity index (χ0) is 33.6. The van der Waals surface area contributed by atoms with Gasteiger partial charge in [-0.3, -0.25) is 14.7 Å². The molecule has 1 aliphatic carbocycles. The van der Waals surface area contributed by atoms with Crippen LogP contribution in [0.4, 0.5) is 0 Å². The summed E-state index contributed by atoms with van der Waals surface area (Å²) >= 11 is 0. The lowest BCUT2D eigenvalue weighted by Crippen LogP contribution is -2.39. The van der Waals surface area contributed by atoms with E-state index in [9.17, 15) is 4.79 Å². The molecule has 7 heteroatoms. The first-order chi connectivity index (χ1) is 24.0. The van der Waals surface area contributed by atoms with Gasteiger partial charge in [0.2, 0.25) is 0 Å². The van der Waals surface area contributed by atoms with Crippen LogP contribution in [0.15, 0.2) is 97.3 Å². The van der Waals surface area contributed by atoms with Gasteiger partial charge in [-0.25, -0.2) is 9.97 Å². The Bertz CT molecular complexity index is 1940. The average molecular weight is 651 g/mol. The highest BCUT2D eigenvalue weighted by Crippen LogP contribution is 2.27. The first kappa shape index (κ1) is 32.7. The van der Waals surface area contributed by atoms with Crippen LogP contribution in [-0.2, 0) is 6.54 Å². The van der Waals surface area contributed by atoms with Gasteiger partial charge >= 0.3 is 0 Å². The van der Waals surface area contributed by atoms with Gasteiger partial charge in [-0.1, -0.05) is 73.0 Å². The molecule has 0 unspecified atom stereocenters. The Morgan fingerprint density at radius 1 is 0.878 bits per heavy atom. The Balaban J connectivity index is 1.07. The topological polar surface area (TPSA) is 67.2 Å². The number of benzene rings is 2. The molecule has 0 N–H and O–H groups in total. The van der Waals surface area contributed by atoms with E-state index in [-0.39, 0.29) is 11.9 Å². The number of hydrogen-bond donors (Lipinski definition) is 0. The van der Waals surface area contributed by atoms with Crippen molar-refractivity contribution >= 4 is 28.6 Å². The number of likely N-dealkylation sites (tertiary alicyclic amines) is 1. The van der Waals surface area contributed by atoms with E-state index >= 15 is 0 Å².